The highest BCUT2D eigenvalue weighted by atomic mass is 16.5. The number of ether oxygens (including phenoxy) is 2. The summed E-state index contributed by atoms with van der Waals surface area (Å²) < 4.78 is 19.6. The van der Waals surface area contributed by atoms with Gasteiger partial charge in [-0.15, -0.1) is 0 Å². The number of nitrogens with zero attached hydrogens (tertiary/aromatic N) is 3. The zero-order valence-corrected chi connectivity index (χ0v) is 24.1. The molecule has 0 aliphatic heterocycles. The van der Waals surface area contributed by atoms with E-state index in [4.69, 9.17) is 19.0 Å². The Kier molecular flexibility index (Phi) is 7.80. The normalized spacial score (nSPS) is 19.7. The zero-order valence-electron chi connectivity index (χ0n) is 24.1. The van der Waals surface area contributed by atoms with Gasteiger partial charge < -0.3 is 18.6 Å². The minimum Gasteiger partial charge on any atom is -0.496 e. The van der Waals surface area contributed by atoms with Gasteiger partial charge in [0.05, 0.1) is 42.0 Å². The molecule has 1 aromatic carbocycles. The van der Waals surface area contributed by atoms with Gasteiger partial charge in [0.15, 0.2) is 0 Å². The third kappa shape index (κ3) is 4.84. The number of methoxy groups -OCH3 is 2. The summed E-state index contributed by atoms with van der Waals surface area (Å²) in [5.74, 6) is 3.78. The van der Waals surface area contributed by atoms with Crippen LogP contribution in [-0.4, -0.2) is 35.5 Å². The van der Waals surface area contributed by atoms with Crippen molar-refractivity contribution in [2.24, 2.45) is 11.8 Å². The van der Waals surface area contributed by atoms with Crippen LogP contribution in [0.4, 0.5) is 0 Å². The quantitative estimate of drug-likeness (QED) is 0.246. The lowest BCUT2D eigenvalue weighted by Gasteiger charge is -2.29. The van der Waals surface area contributed by atoms with Crippen molar-refractivity contribution in [2.45, 2.75) is 85.1 Å². The summed E-state index contributed by atoms with van der Waals surface area (Å²) in [4.78, 5) is 4.93. The van der Waals surface area contributed by atoms with E-state index in [1.165, 1.54) is 55.1 Å². The molecular formula is C32H43N3O3. The molecule has 1 unspecified atom stereocenters. The third-order valence-electron chi connectivity index (χ3n) is 8.78. The molecule has 5 rings (SSSR count). The Morgan fingerprint density at radius 1 is 1.03 bits per heavy atom. The molecule has 1 saturated carbocycles. The predicted molar refractivity (Wildman–Crippen MR) is 154 cm³/mol. The molecule has 6 nitrogen and oxygen atoms in total. The molecule has 1 aliphatic rings. The lowest BCUT2D eigenvalue weighted by molar-refractivity contribution is 0.162. The fourth-order valence-corrected chi connectivity index (χ4v) is 6.79. The van der Waals surface area contributed by atoms with Crippen LogP contribution in [0.15, 0.2) is 28.9 Å². The van der Waals surface area contributed by atoms with Crippen molar-refractivity contribution >= 4 is 21.8 Å². The standard InChI is InChI=1S/C32H43N3O3/c1-19(2)23-10-8-12-24(13-9-11-23)29-14-25-17-33-28-15-27(31-21(4)34-38-22(31)5)30(37-7)16-26(28)32(25)35(29)20(3)18-36-6/h14-17,19-20,23-24H,8-13,18H2,1-7H3. The summed E-state index contributed by atoms with van der Waals surface area (Å²) in [5, 5.41) is 6.46. The molecule has 0 saturated heterocycles. The second kappa shape index (κ2) is 11.1. The molecule has 3 heterocycles. The van der Waals surface area contributed by atoms with Crippen molar-refractivity contribution in [1.29, 1.82) is 0 Å². The monoisotopic (exact) mass is 517 g/mol. The Morgan fingerprint density at radius 2 is 1.76 bits per heavy atom. The van der Waals surface area contributed by atoms with Crippen molar-refractivity contribution in [1.82, 2.24) is 14.7 Å². The van der Waals surface area contributed by atoms with Crippen LogP contribution in [-0.2, 0) is 4.74 Å². The van der Waals surface area contributed by atoms with Gasteiger partial charge in [0, 0.05) is 35.3 Å². The Hall–Kier alpha value is -2.86. The third-order valence-corrected chi connectivity index (χ3v) is 8.78. The summed E-state index contributed by atoms with van der Waals surface area (Å²) in [6.45, 7) is 11.6. The first-order valence-electron chi connectivity index (χ1n) is 14.3. The molecule has 1 atom stereocenters. The molecule has 0 N–H and O–H groups in total. The van der Waals surface area contributed by atoms with Crippen molar-refractivity contribution < 1.29 is 14.0 Å². The topological polar surface area (TPSA) is 62.3 Å². The van der Waals surface area contributed by atoms with E-state index in [0.717, 1.165) is 51.1 Å². The highest BCUT2D eigenvalue weighted by Crippen LogP contribution is 2.43. The van der Waals surface area contributed by atoms with Crippen LogP contribution in [0.2, 0.25) is 0 Å². The maximum atomic E-state index is 5.94. The van der Waals surface area contributed by atoms with E-state index in [1.54, 1.807) is 14.2 Å². The highest BCUT2D eigenvalue weighted by Gasteiger charge is 2.26. The predicted octanol–water partition coefficient (Wildman–Crippen LogP) is 8.39. The second-order valence-electron chi connectivity index (χ2n) is 11.6. The first-order chi connectivity index (χ1) is 18.3. The van der Waals surface area contributed by atoms with Crippen LogP contribution in [0.25, 0.3) is 32.9 Å². The van der Waals surface area contributed by atoms with Gasteiger partial charge >= 0.3 is 0 Å². The van der Waals surface area contributed by atoms with Gasteiger partial charge in [0.2, 0.25) is 0 Å². The number of fused-ring (bicyclic) bond motifs is 3. The number of benzene rings is 1. The molecular weight excluding hydrogens is 474 g/mol. The molecule has 0 amide bonds. The van der Waals surface area contributed by atoms with Gasteiger partial charge in [-0.2, -0.15) is 0 Å². The Balaban J connectivity index is 1.66. The lowest BCUT2D eigenvalue weighted by atomic mass is 9.80. The van der Waals surface area contributed by atoms with E-state index in [-0.39, 0.29) is 6.04 Å². The van der Waals surface area contributed by atoms with Crippen molar-refractivity contribution in [3.63, 3.8) is 0 Å². The number of rotatable bonds is 7. The molecule has 1 aliphatic carbocycles. The molecule has 0 radical (unpaired) electrons. The molecule has 4 aromatic rings. The molecule has 0 spiro atoms. The van der Waals surface area contributed by atoms with E-state index in [2.05, 4.69) is 48.7 Å². The molecule has 204 valence electrons. The van der Waals surface area contributed by atoms with E-state index in [1.807, 2.05) is 20.0 Å². The first-order valence-corrected chi connectivity index (χ1v) is 14.3. The fraction of sp³-hybridized carbons (Fsp3) is 0.562. The minimum atomic E-state index is 0.209. The van der Waals surface area contributed by atoms with Gasteiger partial charge in [-0.25, -0.2) is 0 Å². The van der Waals surface area contributed by atoms with Gasteiger partial charge in [-0.3, -0.25) is 4.98 Å². The van der Waals surface area contributed by atoms with Crippen molar-refractivity contribution in [2.75, 3.05) is 20.8 Å². The molecule has 38 heavy (non-hydrogen) atoms. The van der Waals surface area contributed by atoms with Gasteiger partial charge in [-0.1, -0.05) is 44.7 Å². The average molecular weight is 518 g/mol. The van der Waals surface area contributed by atoms with Crippen molar-refractivity contribution in [3.8, 4) is 16.9 Å². The van der Waals surface area contributed by atoms with Crippen LogP contribution in [0.5, 0.6) is 5.75 Å². The van der Waals surface area contributed by atoms with Crippen LogP contribution in [0.3, 0.4) is 0 Å². The number of pyridine rings is 1. The fourth-order valence-electron chi connectivity index (χ4n) is 6.79. The van der Waals surface area contributed by atoms with Crippen molar-refractivity contribution in [3.05, 3.63) is 41.5 Å². The number of hydrogen-bond donors (Lipinski definition) is 0. The van der Waals surface area contributed by atoms with E-state index >= 15 is 0 Å². The van der Waals surface area contributed by atoms with Crippen LogP contribution in [0.1, 0.15) is 88.4 Å². The number of aromatic nitrogens is 3. The van der Waals surface area contributed by atoms with Gasteiger partial charge in [0.25, 0.3) is 0 Å². The molecule has 1 fully saturated rings. The molecule has 0 bridgehead atoms. The Labute approximate surface area is 226 Å². The highest BCUT2D eigenvalue weighted by molar-refractivity contribution is 6.06. The molecule has 6 heteroatoms. The largest absolute Gasteiger partial charge is 0.496 e. The lowest BCUT2D eigenvalue weighted by Crippen LogP contribution is -2.18. The van der Waals surface area contributed by atoms with E-state index in [0.29, 0.717) is 12.5 Å². The summed E-state index contributed by atoms with van der Waals surface area (Å²) >= 11 is 0. The van der Waals surface area contributed by atoms with Crippen LogP contribution >= 0.6 is 0 Å². The minimum absolute atomic E-state index is 0.209. The number of hydrogen-bond acceptors (Lipinski definition) is 5. The summed E-state index contributed by atoms with van der Waals surface area (Å²) in [6.07, 6.45) is 9.79. The Bertz CT molecular complexity index is 1390. The van der Waals surface area contributed by atoms with E-state index < -0.39 is 0 Å². The summed E-state index contributed by atoms with van der Waals surface area (Å²) in [7, 11) is 3.52. The summed E-state index contributed by atoms with van der Waals surface area (Å²) in [5.41, 5.74) is 6.39. The average Bonchev–Trinajstić information content (AvgIpc) is 3.42. The zero-order chi connectivity index (χ0) is 27.0. The van der Waals surface area contributed by atoms with E-state index in [9.17, 15) is 0 Å². The Morgan fingerprint density at radius 3 is 2.37 bits per heavy atom. The first kappa shape index (κ1) is 26.7. The second-order valence-corrected chi connectivity index (χ2v) is 11.6. The maximum Gasteiger partial charge on any atom is 0.141 e. The van der Waals surface area contributed by atoms with Gasteiger partial charge in [0.1, 0.15) is 11.5 Å². The van der Waals surface area contributed by atoms with Crippen LogP contribution < -0.4 is 4.74 Å². The van der Waals surface area contributed by atoms with Crippen LogP contribution in [0, 0.1) is 25.7 Å². The molecule has 3 aromatic heterocycles. The smallest absolute Gasteiger partial charge is 0.141 e. The number of aryl methyl sites for hydroxylation is 2. The summed E-state index contributed by atoms with van der Waals surface area (Å²) in [6, 6.07) is 6.88. The van der Waals surface area contributed by atoms with Gasteiger partial charge in [-0.05, 0) is 69.6 Å². The SMILES string of the molecule is COCC(C)n1c(C2CCCC(C(C)C)CCC2)cc2cnc3cc(-c4c(C)noc4C)c(OC)cc3c21. The maximum absolute atomic E-state index is 5.94.